The van der Waals surface area contributed by atoms with Crippen molar-refractivity contribution in [3.8, 4) is 12.0 Å². The number of aromatic nitrogens is 5. The van der Waals surface area contributed by atoms with E-state index in [-0.39, 0.29) is 11.4 Å². The number of azo groups is 1. The third kappa shape index (κ3) is 6.53. The zero-order valence-electron chi connectivity index (χ0n) is 19.5. The van der Waals surface area contributed by atoms with Crippen LogP contribution in [0.1, 0.15) is 24.0 Å². The molecule has 0 atom stereocenters. The van der Waals surface area contributed by atoms with Gasteiger partial charge in [0.15, 0.2) is 11.6 Å². The van der Waals surface area contributed by atoms with Crippen LogP contribution in [0.15, 0.2) is 41.0 Å². The van der Waals surface area contributed by atoms with Crippen LogP contribution in [0.4, 0.5) is 23.1 Å². The number of nitrogens with one attached hydrogen (secondary N) is 2. The lowest BCUT2D eigenvalue weighted by Gasteiger charge is -2.13. The van der Waals surface area contributed by atoms with Crippen molar-refractivity contribution in [1.82, 2.24) is 24.7 Å². The maximum absolute atomic E-state index is 9.51. The molecule has 3 aromatic rings. The molecule has 34 heavy (non-hydrogen) atoms. The van der Waals surface area contributed by atoms with Crippen molar-refractivity contribution in [2.75, 3.05) is 51.2 Å². The number of methoxy groups -OCH3 is 2. The number of pyridine rings is 1. The minimum absolute atomic E-state index is 0.236. The highest BCUT2D eigenvalue weighted by molar-refractivity contribution is 5.68. The van der Waals surface area contributed by atoms with Crippen molar-refractivity contribution in [3.63, 3.8) is 0 Å². The SMILES string of the molecule is COCCCNc1cc(C)c(N=Nc2c(C#N)cnn2-c2ncccn2)c(NCCCOC)n1. The number of rotatable bonds is 13. The minimum Gasteiger partial charge on any atom is -0.385 e. The van der Waals surface area contributed by atoms with Crippen molar-refractivity contribution in [1.29, 1.82) is 5.26 Å². The molecule has 178 valence electrons. The van der Waals surface area contributed by atoms with Gasteiger partial charge in [0.2, 0.25) is 0 Å². The van der Waals surface area contributed by atoms with E-state index in [1.807, 2.05) is 13.0 Å². The van der Waals surface area contributed by atoms with Crippen molar-refractivity contribution in [2.24, 2.45) is 10.2 Å². The molecule has 0 radical (unpaired) electrons. The number of nitriles is 1. The lowest BCUT2D eigenvalue weighted by molar-refractivity contribution is 0.197. The monoisotopic (exact) mass is 464 g/mol. The Morgan fingerprint density at radius 1 is 1.06 bits per heavy atom. The Hall–Kier alpha value is -3.95. The number of hydrogen-bond acceptors (Lipinski definition) is 11. The zero-order valence-corrected chi connectivity index (χ0v) is 19.5. The number of anilines is 2. The highest BCUT2D eigenvalue weighted by Crippen LogP contribution is 2.32. The van der Waals surface area contributed by atoms with E-state index in [9.17, 15) is 5.26 Å². The summed E-state index contributed by atoms with van der Waals surface area (Å²) in [4.78, 5) is 13.0. The minimum atomic E-state index is 0.236. The first-order chi connectivity index (χ1) is 16.7. The molecule has 12 nitrogen and oxygen atoms in total. The van der Waals surface area contributed by atoms with Gasteiger partial charge in [0.05, 0.1) is 6.20 Å². The van der Waals surface area contributed by atoms with Gasteiger partial charge in [-0.2, -0.15) is 15.0 Å². The molecule has 3 heterocycles. The first-order valence-electron chi connectivity index (χ1n) is 10.8. The molecule has 3 rings (SSSR count). The summed E-state index contributed by atoms with van der Waals surface area (Å²) < 4.78 is 11.6. The molecule has 0 aliphatic carbocycles. The summed E-state index contributed by atoms with van der Waals surface area (Å²) in [5.74, 6) is 1.83. The van der Waals surface area contributed by atoms with Crippen molar-refractivity contribution in [3.05, 3.63) is 41.9 Å². The summed E-state index contributed by atoms with van der Waals surface area (Å²) >= 11 is 0. The fourth-order valence-corrected chi connectivity index (χ4v) is 3.02. The van der Waals surface area contributed by atoms with Crippen LogP contribution in [0.2, 0.25) is 0 Å². The third-order valence-electron chi connectivity index (χ3n) is 4.68. The van der Waals surface area contributed by atoms with E-state index < -0.39 is 0 Å². The van der Waals surface area contributed by atoms with E-state index in [2.05, 4.69) is 47.0 Å². The van der Waals surface area contributed by atoms with Gasteiger partial charge >= 0.3 is 0 Å². The Bertz CT molecular complexity index is 1120. The summed E-state index contributed by atoms with van der Waals surface area (Å²) in [6.07, 6.45) is 6.25. The van der Waals surface area contributed by atoms with E-state index >= 15 is 0 Å². The predicted molar refractivity (Wildman–Crippen MR) is 127 cm³/mol. The molecule has 0 aliphatic heterocycles. The summed E-state index contributed by atoms with van der Waals surface area (Å²) in [7, 11) is 3.34. The van der Waals surface area contributed by atoms with Gasteiger partial charge in [0.1, 0.15) is 23.1 Å². The Kier molecular flexibility index (Phi) is 9.39. The Balaban J connectivity index is 1.92. The molecule has 2 N–H and O–H groups in total. The van der Waals surface area contributed by atoms with Crippen LogP contribution in [0.3, 0.4) is 0 Å². The fraction of sp³-hybridized carbons (Fsp3) is 0.409. The maximum atomic E-state index is 9.51. The quantitative estimate of drug-likeness (QED) is 0.286. The maximum Gasteiger partial charge on any atom is 0.252 e. The molecular weight excluding hydrogens is 436 g/mol. The van der Waals surface area contributed by atoms with E-state index in [0.29, 0.717) is 37.2 Å². The van der Waals surface area contributed by atoms with Gasteiger partial charge in [0.25, 0.3) is 5.95 Å². The molecule has 3 aromatic heterocycles. The van der Waals surface area contributed by atoms with Crippen molar-refractivity contribution in [2.45, 2.75) is 19.8 Å². The van der Waals surface area contributed by atoms with Gasteiger partial charge in [-0.1, -0.05) is 0 Å². The lowest BCUT2D eigenvalue weighted by Crippen LogP contribution is -2.10. The lowest BCUT2D eigenvalue weighted by atomic mass is 10.2. The van der Waals surface area contributed by atoms with Gasteiger partial charge in [-0.15, -0.1) is 10.2 Å². The predicted octanol–water partition coefficient (Wildman–Crippen LogP) is 3.55. The zero-order chi connectivity index (χ0) is 24.2. The first kappa shape index (κ1) is 24.7. The van der Waals surface area contributed by atoms with Crippen LogP contribution >= 0.6 is 0 Å². The van der Waals surface area contributed by atoms with Crippen LogP contribution in [-0.2, 0) is 9.47 Å². The Labute approximate surface area is 198 Å². The van der Waals surface area contributed by atoms with E-state index in [1.165, 1.54) is 10.9 Å². The van der Waals surface area contributed by atoms with Gasteiger partial charge in [-0.3, -0.25) is 0 Å². The van der Waals surface area contributed by atoms with Crippen LogP contribution in [0.25, 0.3) is 5.95 Å². The van der Waals surface area contributed by atoms with Gasteiger partial charge in [-0.05, 0) is 37.5 Å². The topological polar surface area (TPSA) is 148 Å². The molecule has 0 bridgehead atoms. The molecule has 12 heteroatoms. The Morgan fingerprint density at radius 3 is 2.44 bits per heavy atom. The number of nitrogens with zero attached hydrogens (tertiary/aromatic N) is 8. The van der Waals surface area contributed by atoms with Gasteiger partial charge in [0, 0.05) is 52.9 Å². The number of hydrogen-bond donors (Lipinski definition) is 2. The van der Waals surface area contributed by atoms with Crippen LogP contribution in [0, 0.1) is 18.3 Å². The third-order valence-corrected chi connectivity index (χ3v) is 4.68. The Morgan fingerprint density at radius 2 is 1.76 bits per heavy atom. The van der Waals surface area contributed by atoms with E-state index in [1.54, 1.807) is 32.7 Å². The van der Waals surface area contributed by atoms with Gasteiger partial charge < -0.3 is 20.1 Å². The standard InChI is InChI=1S/C22H28N10O2/c1-16-13-18(24-9-5-11-33-2)29-20(25-10-6-12-34-3)19(16)30-31-21-17(14-23)15-28-32(21)22-26-7-4-8-27-22/h4,7-8,13,15H,5-6,9-12H2,1-3H3,(H2,24,25,29). The number of ether oxygens (including phenoxy) is 2. The normalized spacial score (nSPS) is 11.0. The second-order valence-electron chi connectivity index (χ2n) is 7.22. The molecule has 0 aliphatic rings. The summed E-state index contributed by atoms with van der Waals surface area (Å²) in [5, 5.41) is 29.1. The molecule has 0 fully saturated rings. The van der Waals surface area contributed by atoms with Crippen molar-refractivity contribution >= 4 is 23.1 Å². The number of aryl methyl sites for hydroxylation is 1. The molecule has 0 amide bonds. The van der Waals surface area contributed by atoms with Gasteiger partial charge in [-0.25, -0.2) is 15.0 Å². The average Bonchev–Trinajstić information content (AvgIpc) is 3.27. The second-order valence-corrected chi connectivity index (χ2v) is 7.22. The van der Waals surface area contributed by atoms with E-state index in [0.717, 1.165) is 30.8 Å². The average molecular weight is 465 g/mol. The van der Waals surface area contributed by atoms with Crippen LogP contribution in [-0.4, -0.2) is 65.3 Å². The largest absolute Gasteiger partial charge is 0.385 e. The van der Waals surface area contributed by atoms with Crippen LogP contribution in [0.5, 0.6) is 0 Å². The molecule has 0 saturated carbocycles. The second kappa shape index (κ2) is 12.9. The first-order valence-corrected chi connectivity index (χ1v) is 10.8. The van der Waals surface area contributed by atoms with E-state index in [4.69, 9.17) is 9.47 Å². The highest BCUT2D eigenvalue weighted by atomic mass is 16.5. The molecule has 0 spiro atoms. The van der Waals surface area contributed by atoms with Crippen LogP contribution < -0.4 is 10.6 Å². The highest BCUT2D eigenvalue weighted by Gasteiger charge is 2.15. The fourth-order valence-electron chi connectivity index (χ4n) is 3.02. The molecular formula is C22H28N10O2. The summed E-state index contributed by atoms with van der Waals surface area (Å²) in [6, 6.07) is 5.69. The molecule has 0 saturated heterocycles. The molecule has 0 unspecified atom stereocenters. The van der Waals surface area contributed by atoms with Crippen molar-refractivity contribution < 1.29 is 9.47 Å². The summed E-state index contributed by atoms with van der Waals surface area (Å²) in [6.45, 7) is 4.60. The molecule has 0 aromatic carbocycles. The summed E-state index contributed by atoms with van der Waals surface area (Å²) in [5.41, 5.74) is 1.68. The smallest absolute Gasteiger partial charge is 0.252 e.